The van der Waals surface area contributed by atoms with Crippen LogP contribution in [0.25, 0.3) is 22.4 Å². The molecule has 2 N–H and O–H groups in total. The Kier molecular flexibility index (Phi) is 4.37. The molecule has 0 saturated carbocycles. The Morgan fingerprint density at radius 1 is 1.19 bits per heavy atom. The lowest BCUT2D eigenvalue weighted by molar-refractivity contribution is -0.116. The molecule has 0 bridgehead atoms. The van der Waals surface area contributed by atoms with Crippen molar-refractivity contribution in [1.29, 1.82) is 0 Å². The number of carbonyl (C=O) groups is 1. The van der Waals surface area contributed by atoms with Crippen molar-refractivity contribution in [2.75, 3.05) is 5.32 Å². The first kappa shape index (κ1) is 16.9. The highest BCUT2D eigenvalue weighted by Gasteiger charge is 2.13. The summed E-state index contributed by atoms with van der Waals surface area (Å²) < 4.78 is 32.2. The molecule has 0 fully saturated rings. The van der Waals surface area contributed by atoms with Crippen molar-refractivity contribution in [2.45, 2.75) is 12.8 Å². The first-order valence-corrected chi connectivity index (χ1v) is 8.23. The summed E-state index contributed by atoms with van der Waals surface area (Å²) in [6.07, 6.45) is 1.70. The summed E-state index contributed by atoms with van der Waals surface area (Å²) in [5.74, 6) is -0.836. The largest absolute Gasteiger partial charge is 0.441 e. The third-order valence-corrected chi connectivity index (χ3v) is 3.96. The van der Waals surface area contributed by atoms with E-state index in [2.05, 4.69) is 20.3 Å². The van der Waals surface area contributed by atoms with Crippen LogP contribution in [0.2, 0.25) is 0 Å². The predicted molar refractivity (Wildman–Crippen MR) is 94.9 cm³/mol. The monoisotopic (exact) mass is 368 g/mol. The fourth-order valence-corrected chi connectivity index (χ4v) is 2.67. The molecule has 4 rings (SSSR count). The van der Waals surface area contributed by atoms with Gasteiger partial charge in [0.25, 0.3) is 0 Å². The van der Waals surface area contributed by atoms with E-state index in [1.807, 2.05) is 24.3 Å². The lowest BCUT2D eigenvalue weighted by Gasteiger charge is -2.00. The lowest BCUT2D eigenvalue weighted by Crippen LogP contribution is -2.13. The Morgan fingerprint density at radius 2 is 2.04 bits per heavy atom. The number of fused-ring (bicyclic) bond motifs is 1. The molecule has 2 aromatic heterocycles. The van der Waals surface area contributed by atoms with Gasteiger partial charge in [-0.1, -0.05) is 12.1 Å². The van der Waals surface area contributed by atoms with Crippen molar-refractivity contribution in [3.05, 3.63) is 66.2 Å². The Hall–Kier alpha value is -3.55. The highest BCUT2D eigenvalue weighted by atomic mass is 19.1. The number of nitrogens with zero attached hydrogens (tertiary/aromatic N) is 2. The van der Waals surface area contributed by atoms with E-state index in [4.69, 9.17) is 4.42 Å². The van der Waals surface area contributed by atoms with Gasteiger partial charge in [0, 0.05) is 18.9 Å². The zero-order chi connectivity index (χ0) is 18.8. The van der Waals surface area contributed by atoms with Gasteiger partial charge in [0.1, 0.15) is 11.6 Å². The summed E-state index contributed by atoms with van der Waals surface area (Å²) in [7, 11) is 0. The molecule has 0 radical (unpaired) electrons. The van der Waals surface area contributed by atoms with E-state index in [1.165, 1.54) is 12.3 Å². The Labute approximate surface area is 152 Å². The fourth-order valence-electron chi connectivity index (χ4n) is 2.67. The number of benzene rings is 2. The van der Waals surface area contributed by atoms with Crippen LogP contribution in [0, 0.1) is 11.6 Å². The van der Waals surface area contributed by atoms with Crippen LogP contribution in [0.5, 0.6) is 0 Å². The van der Waals surface area contributed by atoms with Crippen LogP contribution in [-0.4, -0.2) is 20.9 Å². The molecule has 136 valence electrons. The second-order valence-corrected chi connectivity index (χ2v) is 5.89. The molecule has 0 aliphatic carbocycles. The van der Waals surface area contributed by atoms with E-state index in [1.54, 1.807) is 0 Å². The van der Waals surface area contributed by atoms with Gasteiger partial charge in [0.15, 0.2) is 11.7 Å². The summed E-state index contributed by atoms with van der Waals surface area (Å²) in [6.45, 7) is 0. The van der Waals surface area contributed by atoms with E-state index in [9.17, 15) is 13.6 Å². The summed E-state index contributed by atoms with van der Waals surface area (Å²) >= 11 is 0. The highest BCUT2D eigenvalue weighted by Crippen LogP contribution is 2.24. The number of hydrogen-bond donors (Lipinski definition) is 2. The average molecular weight is 368 g/mol. The van der Waals surface area contributed by atoms with Gasteiger partial charge in [0.2, 0.25) is 11.9 Å². The van der Waals surface area contributed by atoms with Crippen LogP contribution in [0.15, 0.2) is 53.1 Å². The van der Waals surface area contributed by atoms with Crippen molar-refractivity contribution >= 4 is 22.9 Å². The van der Waals surface area contributed by atoms with E-state index in [-0.39, 0.29) is 36.0 Å². The number of oxazole rings is 1. The van der Waals surface area contributed by atoms with Crippen LogP contribution in [-0.2, 0) is 11.2 Å². The van der Waals surface area contributed by atoms with Crippen LogP contribution in [0.3, 0.4) is 0 Å². The van der Waals surface area contributed by atoms with Gasteiger partial charge in [-0.05, 0) is 24.3 Å². The van der Waals surface area contributed by atoms with Crippen molar-refractivity contribution in [2.24, 2.45) is 0 Å². The second kappa shape index (κ2) is 6.99. The standard InChI is InChI=1S/C19H14F2N4O2/c20-11-5-6-12(13(21)9-11)16-10-22-18(27-16)8-7-17(26)25-19-23-14-3-1-2-4-15(14)24-19/h1-6,9-10H,7-8H2,(H2,23,24,25,26). The number of nitrogens with one attached hydrogen (secondary N) is 2. The number of aromatic amines is 1. The predicted octanol–water partition coefficient (Wildman–Crippen LogP) is 4.07. The molecule has 0 spiro atoms. The number of halogens is 2. The number of anilines is 1. The topological polar surface area (TPSA) is 83.8 Å². The molecule has 4 aromatic rings. The van der Waals surface area contributed by atoms with Crippen LogP contribution in [0.4, 0.5) is 14.7 Å². The van der Waals surface area contributed by atoms with Gasteiger partial charge in [0.05, 0.1) is 22.8 Å². The maximum Gasteiger partial charge on any atom is 0.227 e. The molecule has 2 heterocycles. The van der Waals surface area contributed by atoms with E-state index in [0.717, 1.165) is 23.2 Å². The fraction of sp³-hybridized carbons (Fsp3) is 0.105. The minimum Gasteiger partial charge on any atom is -0.441 e. The molecule has 0 aliphatic rings. The third-order valence-electron chi connectivity index (χ3n) is 3.96. The van der Waals surface area contributed by atoms with Crippen LogP contribution in [0.1, 0.15) is 12.3 Å². The van der Waals surface area contributed by atoms with Crippen molar-refractivity contribution < 1.29 is 18.0 Å². The number of aromatic nitrogens is 3. The van der Waals surface area contributed by atoms with Gasteiger partial charge in [-0.25, -0.2) is 18.7 Å². The molecule has 0 unspecified atom stereocenters. The Balaban J connectivity index is 1.38. The SMILES string of the molecule is O=C(CCc1ncc(-c2ccc(F)cc2F)o1)Nc1nc2ccccc2[nH]1. The summed E-state index contributed by atoms with van der Waals surface area (Å²) in [4.78, 5) is 23.4. The van der Waals surface area contributed by atoms with Crippen molar-refractivity contribution in [3.8, 4) is 11.3 Å². The molecule has 0 saturated heterocycles. The van der Waals surface area contributed by atoms with E-state index in [0.29, 0.717) is 5.95 Å². The number of carbonyl (C=O) groups excluding carboxylic acids is 1. The van der Waals surface area contributed by atoms with Crippen molar-refractivity contribution in [1.82, 2.24) is 15.0 Å². The molecule has 27 heavy (non-hydrogen) atoms. The zero-order valence-corrected chi connectivity index (χ0v) is 14.0. The average Bonchev–Trinajstić information content (AvgIpc) is 3.26. The molecule has 0 atom stereocenters. The molecular weight excluding hydrogens is 354 g/mol. The molecule has 2 aromatic carbocycles. The maximum absolute atomic E-state index is 13.8. The van der Waals surface area contributed by atoms with E-state index >= 15 is 0 Å². The number of rotatable bonds is 5. The van der Waals surface area contributed by atoms with Gasteiger partial charge in [-0.15, -0.1) is 0 Å². The molecular formula is C19H14F2N4O2. The highest BCUT2D eigenvalue weighted by molar-refractivity contribution is 5.91. The summed E-state index contributed by atoms with van der Waals surface area (Å²) in [5.41, 5.74) is 1.69. The van der Waals surface area contributed by atoms with Gasteiger partial charge in [-0.2, -0.15) is 0 Å². The molecule has 6 nitrogen and oxygen atoms in total. The third kappa shape index (κ3) is 3.69. The number of aryl methyl sites for hydroxylation is 1. The van der Waals surface area contributed by atoms with Crippen LogP contribution >= 0.6 is 0 Å². The lowest BCUT2D eigenvalue weighted by atomic mass is 10.2. The van der Waals surface area contributed by atoms with Crippen LogP contribution < -0.4 is 5.32 Å². The second-order valence-electron chi connectivity index (χ2n) is 5.89. The number of H-pyrrole nitrogens is 1. The zero-order valence-electron chi connectivity index (χ0n) is 14.0. The van der Waals surface area contributed by atoms with E-state index < -0.39 is 11.6 Å². The number of imidazole rings is 1. The molecule has 8 heteroatoms. The van der Waals surface area contributed by atoms with Crippen molar-refractivity contribution in [3.63, 3.8) is 0 Å². The molecule has 1 amide bonds. The smallest absolute Gasteiger partial charge is 0.227 e. The van der Waals surface area contributed by atoms with Gasteiger partial charge in [-0.3, -0.25) is 10.1 Å². The number of amides is 1. The number of para-hydroxylation sites is 2. The first-order valence-electron chi connectivity index (χ1n) is 8.23. The number of hydrogen-bond acceptors (Lipinski definition) is 4. The maximum atomic E-state index is 13.8. The van der Waals surface area contributed by atoms with Gasteiger partial charge >= 0.3 is 0 Å². The van der Waals surface area contributed by atoms with Gasteiger partial charge < -0.3 is 9.40 Å². The quantitative estimate of drug-likeness (QED) is 0.556. The molecule has 0 aliphatic heterocycles. The Morgan fingerprint density at radius 3 is 2.85 bits per heavy atom. The summed E-state index contributed by atoms with van der Waals surface area (Å²) in [6, 6.07) is 10.6. The minimum atomic E-state index is -0.736. The Bertz CT molecular complexity index is 1090. The summed E-state index contributed by atoms with van der Waals surface area (Å²) in [5, 5.41) is 2.68. The minimum absolute atomic E-state index is 0.113. The first-order chi connectivity index (χ1) is 13.1. The normalized spacial score (nSPS) is 11.0.